The van der Waals surface area contributed by atoms with Gasteiger partial charge in [-0.15, -0.1) is 0 Å². The largest absolute Gasteiger partial charge is 0.493 e. The summed E-state index contributed by atoms with van der Waals surface area (Å²) in [6.45, 7) is 0. The monoisotopic (exact) mass is 370 g/mol. The highest BCUT2D eigenvalue weighted by atomic mass is 16.5. The van der Waals surface area contributed by atoms with E-state index >= 15 is 0 Å². The highest BCUT2D eigenvalue weighted by Crippen LogP contribution is 2.38. The smallest absolute Gasteiger partial charge is 0.255 e. The van der Waals surface area contributed by atoms with Gasteiger partial charge >= 0.3 is 0 Å². The lowest BCUT2D eigenvalue weighted by Crippen LogP contribution is -2.27. The van der Waals surface area contributed by atoms with Crippen LogP contribution in [-0.2, 0) is 0 Å². The maximum Gasteiger partial charge on any atom is 0.255 e. The predicted molar refractivity (Wildman–Crippen MR) is 101 cm³/mol. The van der Waals surface area contributed by atoms with Crippen LogP contribution in [0, 0.1) is 0 Å². The second-order valence-corrected chi connectivity index (χ2v) is 6.16. The van der Waals surface area contributed by atoms with E-state index in [9.17, 15) is 9.59 Å². The highest BCUT2D eigenvalue weighted by molar-refractivity contribution is 6.09. The first kappa shape index (κ1) is 18.6. The molecule has 0 spiro atoms. The SMILES string of the molecule is COc1cc(C(=O)Nc2ccccc2C(=O)NC2CC2)cc(OC)c1OC. The van der Waals surface area contributed by atoms with Crippen molar-refractivity contribution < 1.29 is 23.8 Å². The Kier molecular flexibility index (Phi) is 5.49. The molecule has 0 saturated heterocycles. The number of amides is 2. The zero-order valence-electron chi connectivity index (χ0n) is 15.5. The van der Waals surface area contributed by atoms with Crippen molar-refractivity contribution in [1.29, 1.82) is 0 Å². The molecule has 142 valence electrons. The lowest BCUT2D eigenvalue weighted by Gasteiger charge is -2.15. The number of carbonyl (C=O) groups is 2. The minimum atomic E-state index is -0.388. The Bertz CT molecular complexity index is 836. The Morgan fingerprint density at radius 3 is 2.11 bits per heavy atom. The van der Waals surface area contributed by atoms with Crippen LogP contribution in [-0.4, -0.2) is 39.2 Å². The maximum atomic E-state index is 12.8. The number of anilines is 1. The van der Waals surface area contributed by atoms with Crippen molar-refractivity contribution in [3.8, 4) is 17.2 Å². The van der Waals surface area contributed by atoms with Crippen molar-refractivity contribution >= 4 is 17.5 Å². The zero-order chi connectivity index (χ0) is 19.4. The van der Waals surface area contributed by atoms with Gasteiger partial charge in [-0.05, 0) is 37.1 Å². The van der Waals surface area contributed by atoms with Crippen LogP contribution in [0.4, 0.5) is 5.69 Å². The van der Waals surface area contributed by atoms with E-state index in [0.717, 1.165) is 12.8 Å². The number of rotatable bonds is 7. The Hall–Kier alpha value is -3.22. The van der Waals surface area contributed by atoms with Crippen LogP contribution in [0.25, 0.3) is 0 Å². The lowest BCUT2D eigenvalue weighted by molar-refractivity contribution is 0.0952. The van der Waals surface area contributed by atoms with Gasteiger partial charge in [-0.3, -0.25) is 9.59 Å². The fourth-order valence-electron chi connectivity index (χ4n) is 2.69. The molecule has 1 aliphatic carbocycles. The number of benzene rings is 2. The highest BCUT2D eigenvalue weighted by Gasteiger charge is 2.25. The molecule has 3 rings (SSSR count). The third kappa shape index (κ3) is 4.13. The molecule has 7 heteroatoms. The molecule has 7 nitrogen and oxygen atoms in total. The first-order chi connectivity index (χ1) is 13.1. The second kappa shape index (κ2) is 7.99. The molecule has 1 aliphatic rings. The van der Waals surface area contributed by atoms with E-state index in [1.54, 1.807) is 36.4 Å². The Balaban J connectivity index is 1.86. The summed E-state index contributed by atoms with van der Waals surface area (Å²) in [6.07, 6.45) is 1.98. The molecular formula is C20H22N2O5. The Morgan fingerprint density at radius 1 is 0.926 bits per heavy atom. The molecule has 0 heterocycles. The van der Waals surface area contributed by atoms with E-state index in [1.807, 2.05) is 0 Å². The fraction of sp³-hybridized carbons (Fsp3) is 0.300. The molecule has 0 bridgehead atoms. The summed E-state index contributed by atoms with van der Waals surface area (Å²) in [6, 6.07) is 10.2. The van der Waals surface area contributed by atoms with Gasteiger partial charge in [0.05, 0.1) is 32.6 Å². The van der Waals surface area contributed by atoms with Crippen LogP contribution in [0.15, 0.2) is 36.4 Å². The van der Waals surface area contributed by atoms with Gasteiger partial charge in [-0.1, -0.05) is 12.1 Å². The van der Waals surface area contributed by atoms with Gasteiger partial charge in [0.2, 0.25) is 5.75 Å². The summed E-state index contributed by atoms with van der Waals surface area (Å²) < 4.78 is 15.8. The second-order valence-electron chi connectivity index (χ2n) is 6.16. The number of ether oxygens (including phenoxy) is 3. The van der Waals surface area contributed by atoms with Gasteiger partial charge in [0.15, 0.2) is 11.5 Å². The summed E-state index contributed by atoms with van der Waals surface area (Å²) in [5.74, 6) is 0.573. The number of methoxy groups -OCH3 is 3. The van der Waals surface area contributed by atoms with E-state index in [2.05, 4.69) is 10.6 Å². The number of carbonyl (C=O) groups excluding carboxylic acids is 2. The molecule has 2 N–H and O–H groups in total. The minimum Gasteiger partial charge on any atom is -0.493 e. The van der Waals surface area contributed by atoms with Gasteiger partial charge in [-0.25, -0.2) is 0 Å². The van der Waals surface area contributed by atoms with Crippen molar-refractivity contribution in [2.45, 2.75) is 18.9 Å². The standard InChI is InChI=1S/C20H22N2O5/c1-25-16-10-12(11-17(26-2)18(16)27-3)19(23)22-15-7-5-4-6-14(15)20(24)21-13-8-9-13/h4-7,10-11,13H,8-9H2,1-3H3,(H,21,24)(H,22,23). The van der Waals surface area contributed by atoms with E-state index in [-0.39, 0.29) is 17.9 Å². The molecule has 2 amide bonds. The van der Waals surface area contributed by atoms with Crippen LogP contribution >= 0.6 is 0 Å². The minimum absolute atomic E-state index is 0.196. The van der Waals surface area contributed by atoms with Gasteiger partial charge in [-0.2, -0.15) is 0 Å². The van der Waals surface area contributed by atoms with E-state index < -0.39 is 0 Å². The maximum absolute atomic E-state index is 12.8. The topological polar surface area (TPSA) is 85.9 Å². The third-order valence-corrected chi connectivity index (χ3v) is 4.26. The third-order valence-electron chi connectivity index (χ3n) is 4.26. The molecule has 1 saturated carbocycles. The molecule has 0 aromatic heterocycles. The van der Waals surface area contributed by atoms with Crippen LogP contribution in [0.5, 0.6) is 17.2 Å². The number of hydrogen-bond donors (Lipinski definition) is 2. The Morgan fingerprint density at radius 2 is 1.56 bits per heavy atom. The van der Waals surface area contributed by atoms with E-state index in [0.29, 0.717) is 34.1 Å². The molecule has 2 aromatic carbocycles. The predicted octanol–water partition coefficient (Wildman–Crippen LogP) is 2.86. The number of para-hydroxylation sites is 1. The molecule has 0 aliphatic heterocycles. The first-order valence-electron chi connectivity index (χ1n) is 8.58. The summed E-state index contributed by atoms with van der Waals surface area (Å²) >= 11 is 0. The fourth-order valence-corrected chi connectivity index (χ4v) is 2.69. The van der Waals surface area contributed by atoms with Crippen LogP contribution in [0.3, 0.4) is 0 Å². The average molecular weight is 370 g/mol. The normalized spacial score (nSPS) is 12.9. The average Bonchev–Trinajstić information content (AvgIpc) is 3.50. The van der Waals surface area contributed by atoms with Crippen LogP contribution < -0.4 is 24.8 Å². The molecule has 1 fully saturated rings. The molecule has 27 heavy (non-hydrogen) atoms. The van der Waals surface area contributed by atoms with Gasteiger partial charge in [0.25, 0.3) is 11.8 Å². The number of hydrogen-bond acceptors (Lipinski definition) is 5. The van der Waals surface area contributed by atoms with Crippen molar-refractivity contribution in [1.82, 2.24) is 5.32 Å². The lowest BCUT2D eigenvalue weighted by atomic mass is 10.1. The van der Waals surface area contributed by atoms with Crippen molar-refractivity contribution in [3.63, 3.8) is 0 Å². The van der Waals surface area contributed by atoms with Gasteiger partial charge in [0.1, 0.15) is 0 Å². The summed E-state index contributed by atoms with van der Waals surface area (Å²) in [5.41, 5.74) is 1.18. The molecular weight excluding hydrogens is 348 g/mol. The summed E-state index contributed by atoms with van der Waals surface area (Å²) in [5, 5.41) is 5.72. The summed E-state index contributed by atoms with van der Waals surface area (Å²) in [7, 11) is 4.46. The number of nitrogens with one attached hydrogen (secondary N) is 2. The van der Waals surface area contributed by atoms with Crippen LogP contribution in [0.1, 0.15) is 33.6 Å². The molecule has 2 aromatic rings. The Labute approximate surface area is 157 Å². The molecule has 0 radical (unpaired) electrons. The van der Waals surface area contributed by atoms with Gasteiger partial charge in [0, 0.05) is 11.6 Å². The van der Waals surface area contributed by atoms with Crippen molar-refractivity contribution in [3.05, 3.63) is 47.5 Å². The van der Waals surface area contributed by atoms with Gasteiger partial charge < -0.3 is 24.8 Å². The molecule has 0 atom stereocenters. The van der Waals surface area contributed by atoms with Crippen molar-refractivity contribution in [2.24, 2.45) is 0 Å². The summed E-state index contributed by atoms with van der Waals surface area (Å²) in [4.78, 5) is 25.2. The van der Waals surface area contributed by atoms with Crippen LogP contribution in [0.2, 0.25) is 0 Å². The first-order valence-corrected chi connectivity index (χ1v) is 8.58. The van der Waals surface area contributed by atoms with E-state index in [1.165, 1.54) is 21.3 Å². The van der Waals surface area contributed by atoms with E-state index in [4.69, 9.17) is 14.2 Å². The zero-order valence-corrected chi connectivity index (χ0v) is 15.5. The quantitative estimate of drug-likeness (QED) is 0.783. The van der Waals surface area contributed by atoms with Crippen molar-refractivity contribution in [2.75, 3.05) is 26.6 Å². The molecule has 0 unspecified atom stereocenters.